The van der Waals surface area contributed by atoms with Gasteiger partial charge in [0, 0.05) is 15.7 Å². The second kappa shape index (κ2) is 9.19. The van der Waals surface area contributed by atoms with Crippen LogP contribution in [0.1, 0.15) is 26.3 Å². The number of esters is 1. The summed E-state index contributed by atoms with van der Waals surface area (Å²) in [7, 11) is 1.57. The van der Waals surface area contributed by atoms with Crippen LogP contribution in [0.2, 0.25) is 0 Å². The van der Waals surface area contributed by atoms with Gasteiger partial charge in [-0.25, -0.2) is 4.79 Å². The van der Waals surface area contributed by atoms with Crippen molar-refractivity contribution in [2.24, 2.45) is 0 Å². The van der Waals surface area contributed by atoms with E-state index in [0.717, 1.165) is 10.0 Å². The van der Waals surface area contributed by atoms with Crippen LogP contribution >= 0.6 is 15.9 Å². The van der Waals surface area contributed by atoms with E-state index in [4.69, 9.17) is 9.47 Å². The number of carbonyl (C=O) groups excluding carboxylic acids is 2. The number of methoxy groups -OCH3 is 1. The smallest absolute Gasteiger partial charge is 0.338 e. The van der Waals surface area contributed by atoms with Crippen molar-refractivity contribution in [3.63, 3.8) is 0 Å². The summed E-state index contributed by atoms with van der Waals surface area (Å²) in [4.78, 5) is 24.4. The van der Waals surface area contributed by atoms with Gasteiger partial charge >= 0.3 is 5.97 Å². The third-order valence-corrected chi connectivity index (χ3v) is 4.54. The number of halogens is 1. The fourth-order valence-electron chi connectivity index (χ4n) is 2.45. The second-order valence-corrected chi connectivity index (χ2v) is 6.88. The number of hydrogen-bond donors (Lipinski definition) is 1. The van der Waals surface area contributed by atoms with E-state index in [1.165, 1.54) is 0 Å². The van der Waals surface area contributed by atoms with E-state index in [9.17, 15) is 9.59 Å². The predicted molar refractivity (Wildman–Crippen MR) is 111 cm³/mol. The molecule has 3 aromatic carbocycles. The number of anilines is 1. The second-order valence-electron chi connectivity index (χ2n) is 5.96. The maximum Gasteiger partial charge on any atom is 0.338 e. The van der Waals surface area contributed by atoms with Crippen molar-refractivity contribution in [2.75, 3.05) is 12.4 Å². The highest BCUT2D eigenvalue weighted by atomic mass is 79.9. The Labute approximate surface area is 171 Å². The highest BCUT2D eigenvalue weighted by molar-refractivity contribution is 9.10. The van der Waals surface area contributed by atoms with E-state index in [0.29, 0.717) is 22.6 Å². The molecule has 0 spiro atoms. The first kappa shape index (κ1) is 19.6. The zero-order valence-electron chi connectivity index (χ0n) is 15.1. The summed E-state index contributed by atoms with van der Waals surface area (Å²) >= 11 is 3.36. The number of carbonyl (C=O) groups is 2. The van der Waals surface area contributed by atoms with Gasteiger partial charge in [0.15, 0.2) is 0 Å². The van der Waals surface area contributed by atoms with Crippen LogP contribution in [-0.4, -0.2) is 19.0 Å². The molecule has 0 aliphatic rings. The van der Waals surface area contributed by atoms with Gasteiger partial charge < -0.3 is 14.8 Å². The summed E-state index contributed by atoms with van der Waals surface area (Å²) in [6, 6.07) is 20.9. The third-order valence-electron chi connectivity index (χ3n) is 4.01. The van der Waals surface area contributed by atoms with Crippen molar-refractivity contribution >= 4 is 33.5 Å². The molecule has 142 valence electrons. The van der Waals surface area contributed by atoms with E-state index >= 15 is 0 Å². The molecule has 0 atom stereocenters. The molecule has 0 fully saturated rings. The predicted octanol–water partition coefficient (Wildman–Crippen LogP) is 5.07. The Balaban J connectivity index is 1.56. The zero-order valence-corrected chi connectivity index (χ0v) is 16.7. The molecule has 1 amide bonds. The van der Waals surface area contributed by atoms with Crippen LogP contribution in [0, 0.1) is 0 Å². The third kappa shape index (κ3) is 5.20. The van der Waals surface area contributed by atoms with Gasteiger partial charge in [0.2, 0.25) is 0 Å². The number of rotatable bonds is 6. The molecule has 6 heteroatoms. The Morgan fingerprint density at radius 1 is 0.857 bits per heavy atom. The van der Waals surface area contributed by atoms with Crippen LogP contribution in [0.4, 0.5) is 5.69 Å². The minimum Gasteiger partial charge on any atom is -0.497 e. The number of nitrogens with one attached hydrogen (secondary N) is 1. The Morgan fingerprint density at radius 2 is 1.46 bits per heavy atom. The first-order valence-electron chi connectivity index (χ1n) is 8.52. The Morgan fingerprint density at radius 3 is 2.07 bits per heavy atom. The van der Waals surface area contributed by atoms with Crippen molar-refractivity contribution < 1.29 is 19.1 Å². The van der Waals surface area contributed by atoms with Crippen LogP contribution in [0.3, 0.4) is 0 Å². The summed E-state index contributed by atoms with van der Waals surface area (Å²) in [5, 5.41) is 2.79. The van der Waals surface area contributed by atoms with Gasteiger partial charge in [0.05, 0.1) is 12.7 Å². The van der Waals surface area contributed by atoms with Gasteiger partial charge in [-0.1, -0.05) is 28.1 Å². The molecule has 0 aromatic heterocycles. The molecule has 0 bridgehead atoms. The van der Waals surface area contributed by atoms with Crippen LogP contribution in [0.5, 0.6) is 5.75 Å². The van der Waals surface area contributed by atoms with Gasteiger partial charge in [-0.15, -0.1) is 0 Å². The van der Waals surface area contributed by atoms with Crippen LogP contribution in [0.25, 0.3) is 0 Å². The Hall–Kier alpha value is -3.12. The fraction of sp³-hybridized carbons (Fsp3) is 0.0909. The quantitative estimate of drug-likeness (QED) is 0.544. The number of benzene rings is 3. The van der Waals surface area contributed by atoms with E-state index in [2.05, 4.69) is 21.2 Å². The van der Waals surface area contributed by atoms with Crippen LogP contribution < -0.4 is 10.1 Å². The minimum atomic E-state index is -0.420. The summed E-state index contributed by atoms with van der Waals surface area (Å²) in [5.74, 6) is 0.0201. The molecule has 0 unspecified atom stereocenters. The lowest BCUT2D eigenvalue weighted by Gasteiger charge is -2.08. The maximum atomic E-state index is 12.3. The van der Waals surface area contributed by atoms with E-state index in [1.54, 1.807) is 55.6 Å². The topological polar surface area (TPSA) is 64.6 Å². The van der Waals surface area contributed by atoms with Crippen molar-refractivity contribution in [3.05, 3.63) is 94.0 Å². The molecule has 0 radical (unpaired) electrons. The lowest BCUT2D eigenvalue weighted by atomic mass is 10.1. The number of amides is 1. The molecule has 0 saturated carbocycles. The van der Waals surface area contributed by atoms with Crippen LogP contribution in [0.15, 0.2) is 77.3 Å². The number of ether oxygens (including phenoxy) is 2. The molecular weight excluding hydrogens is 422 g/mol. The standard InChI is InChI=1S/C22H18BrNO4/c1-27-20-12-6-16(7-13-20)21(25)24-19-10-4-17(5-11-19)22(26)28-14-15-2-8-18(23)9-3-15/h2-13H,14H2,1H3,(H,24,25). The summed E-state index contributed by atoms with van der Waals surface area (Å²) in [6.07, 6.45) is 0. The van der Waals surface area contributed by atoms with Crippen molar-refractivity contribution in [2.45, 2.75) is 6.61 Å². The molecule has 1 N–H and O–H groups in total. The van der Waals surface area contributed by atoms with E-state index in [1.807, 2.05) is 24.3 Å². The molecule has 3 rings (SSSR count). The molecule has 28 heavy (non-hydrogen) atoms. The van der Waals surface area contributed by atoms with Crippen molar-refractivity contribution in [1.29, 1.82) is 0 Å². The van der Waals surface area contributed by atoms with E-state index < -0.39 is 5.97 Å². The van der Waals surface area contributed by atoms with E-state index in [-0.39, 0.29) is 12.5 Å². The van der Waals surface area contributed by atoms with Gasteiger partial charge in [0.1, 0.15) is 12.4 Å². The summed E-state index contributed by atoms with van der Waals surface area (Å²) in [6.45, 7) is 0.196. The van der Waals surface area contributed by atoms with Crippen LogP contribution in [-0.2, 0) is 11.3 Å². The van der Waals surface area contributed by atoms with Crippen molar-refractivity contribution in [1.82, 2.24) is 0 Å². The molecule has 5 nitrogen and oxygen atoms in total. The lowest BCUT2D eigenvalue weighted by molar-refractivity contribution is 0.0472. The largest absolute Gasteiger partial charge is 0.497 e. The average molecular weight is 440 g/mol. The highest BCUT2D eigenvalue weighted by Gasteiger charge is 2.10. The molecular formula is C22H18BrNO4. The van der Waals surface area contributed by atoms with Crippen molar-refractivity contribution in [3.8, 4) is 5.75 Å². The Bertz CT molecular complexity index is 951. The van der Waals surface area contributed by atoms with Gasteiger partial charge in [-0.05, 0) is 66.2 Å². The van der Waals surface area contributed by atoms with Gasteiger partial charge in [0.25, 0.3) is 5.91 Å². The SMILES string of the molecule is COc1ccc(C(=O)Nc2ccc(C(=O)OCc3ccc(Br)cc3)cc2)cc1. The first-order chi connectivity index (χ1) is 13.5. The summed E-state index contributed by atoms with van der Waals surface area (Å²) in [5.41, 5.74) is 2.42. The fourth-order valence-corrected chi connectivity index (χ4v) is 2.71. The first-order valence-corrected chi connectivity index (χ1v) is 9.31. The molecule has 0 aliphatic heterocycles. The monoisotopic (exact) mass is 439 g/mol. The highest BCUT2D eigenvalue weighted by Crippen LogP contribution is 2.16. The van der Waals surface area contributed by atoms with Gasteiger partial charge in [-0.3, -0.25) is 4.79 Å². The summed E-state index contributed by atoms with van der Waals surface area (Å²) < 4.78 is 11.4. The minimum absolute atomic E-state index is 0.196. The molecule has 0 aliphatic carbocycles. The average Bonchev–Trinajstić information content (AvgIpc) is 2.73. The van der Waals surface area contributed by atoms with Gasteiger partial charge in [-0.2, -0.15) is 0 Å². The zero-order chi connectivity index (χ0) is 19.9. The lowest BCUT2D eigenvalue weighted by Crippen LogP contribution is -2.12. The molecule has 0 heterocycles. The Kier molecular flexibility index (Phi) is 6.45. The molecule has 0 saturated heterocycles. The number of hydrogen-bond acceptors (Lipinski definition) is 4. The normalized spacial score (nSPS) is 10.2. The maximum absolute atomic E-state index is 12.3. The molecule has 3 aromatic rings.